The molecule has 0 amide bonds. The first-order valence-electron chi connectivity index (χ1n) is 7.92. The number of hydrogen-bond donors (Lipinski definition) is 0. The van der Waals surface area contributed by atoms with E-state index in [0.29, 0.717) is 6.04 Å². The third-order valence-corrected chi connectivity index (χ3v) is 4.47. The lowest BCUT2D eigenvalue weighted by Crippen LogP contribution is -2.34. The number of hydrogen-bond acceptors (Lipinski definition) is 3. The minimum atomic E-state index is 0.574. The first kappa shape index (κ1) is 14.3. The van der Waals surface area contributed by atoms with Gasteiger partial charge in [-0.1, -0.05) is 0 Å². The van der Waals surface area contributed by atoms with Crippen LogP contribution in [0.2, 0.25) is 0 Å². The third-order valence-electron chi connectivity index (χ3n) is 4.47. The van der Waals surface area contributed by atoms with Crippen molar-refractivity contribution in [2.24, 2.45) is 0 Å². The van der Waals surface area contributed by atoms with Gasteiger partial charge in [-0.3, -0.25) is 9.58 Å². The monoisotopic (exact) mass is 287 g/mol. The van der Waals surface area contributed by atoms with E-state index in [4.69, 9.17) is 0 Å². The van der Waals surface area contributed by atoms with Crippen LogP contribution >= 0.6 is 0 Å². The van der Waals surface area contributed by atoms with E-state index in [0.717, 1.165) is 25.3 Å². The Morgan fingerprint density at radius 2 is 2.19 bits per heavy atom. The second-order valence-corrected chi connectivity index (χ2v) is 6.01. The summed E-state index contributed by atoms with van der Waals surface area (Å²) >= 11 is 0. The normalized spacial score (nSPS) is 19.5. The van der Waals surface area contributed by atoms with Gasteiger partial charge in [0.05, 0.1) is 18.8 Å². The van der Waals surface area contributed by atoms with Crippen molar-refractivity contribution in [3.63, 3.8) is 0 Å². The van der Waals surface area contributed by atoms with Gasteiger partial charge in [-0.2, -0.15) is 5.10 Å². The summed E-state index contributed by atoms with van der Waals surface area (Å²) in [5.74, 6) is 1.18. The lowest BCUT2D eigenvalue weighted by Gasteiger charge is -2.24. The highest BCUT2D eigenvalue weighted by atomic mass is 15.3. The molecule has 1 fully saturated rings. The SMILES string of the molecule is CCn1ccnc1CN1CCC[C@@H]1Cn1nc(C)cc1C. The van der Waals surface area contributed by atoms with Crippen molar-refractivity contribution in [3.05, 3.63) is 35.7 Å². The Morgan fingerprint density at radius 3 is 2.90 bits per heavy atom. The molecule has 0 bridgehead atoms. The Labute approximate surface area is 126 Å². The zero-order valence-electron chi connectivity index (χ0n) is 13.3. The van der Waals surface area contributed by atoms with Crippen LogP contribution in [-0.4, -0.2) is 36.8 Å². The van der Waals surface area contributed by atoms with Crippen LogP contribution in [0, 0.1) is 13.8 Å². The molecule has 0 aromatic carbocycles. The zero-order valence-corrected chi connectivity index (χ0v) is 13.3. The molecule has 1 aliphatic rings. The Morgan fingerprint density at radius 1 is 1.33 bits per heavy atom. The number of nitrogens with zero attached hydrogens (tertiary/aromatic N) is 5. The minimum Gasteiger partial charge on any atom is -0.334 e. The van der Waals surface area contributed by atoms with Crippen molar-refractivity contribution in [1.29, 1.82) is 0 Å². The van der Waals surface area contributed by atoms with Crippen LogP contribution < -0.4 is 0 Å². The van der Waals surface area contributed by atoms with Gasteiger partial charge in [0.2, 0.25) is 0 Å². The maximum Gasteiger partial charge on any atom is 0.122 e. The van der Waals surface area contributed by atoms with E-state index in [2.05, 4.69) is 57.3 Å². The molecule has 3 heterocycles. The average molecular weight is 287 g/mol. The largest absolute Gasteiger partial charge is 0.334 e. The van der Waals surface area contributed by atoms with Crippen molar-refractivity contribution in [1.82, 2.24) is 24.2 Å². The van der Waals surface area contributed by atoms with E-state index >= 15 is 0 Å². The van der Waals surface area contributed by atoms with Gasteiger partial charge in [0.1, 0.15) is 5.82 Å². The first-order valence-corrected chi connectivity index (χ1v) is 7.92. The quantitative estimate of drug-likeness (QED) is 0.847. The van der Waals surface area contributed by atoms with Gasteiger partial charge in [-0.15, -0.1) is 0 Å². The van der Waals surface area contributed by atoms with Crippen molar-refractivity contribution in [2.45, 2.75) is 59.3 Å². The molecule has 3 rings (SSSR count). The van der Waals surface area contributed by atoms with Gasteiger partial charge in [0, 0.05) is 30.7 Å². The molecular weight excluding hydrogens is 262 g/mol. The number of aryl methyl sites for hydroxylation is 3. The highest BCUT2D eigenvalue weighted by Crippen LogP contribution is 2.21. The van der Waals surface area contributed by atoms with Crippen molar-refractivity contribution in [3.8, 4) is 0 Å². The van der Waals surface area contributed by atoms with E-state index < -0.39 is 0 Å². The summed E-state index contributed by atoms with van der Waals surface area (Å²) in [6, 6.07) is 2.73. The summed E-state index contributed by atoms with van der Waals surface area (Å²) < 4.78 is 4.39. The highest BCUT2D eigenvalue weighted by molar-refractivity contribution is 5.07. The molecule has 2 aromatic rings. The van der Waals surface area contributed by atoms with Crippen LogP contribution in [0.15, 0.2) is 18.5 Å². The van der Waals surface area contributed by atoms with Crippen molar-refractivity contribution < 1.29 is 0 Å². The molecular formula is C16H25N5. The molecule has 0 aliphatic carbocycles. The average Bonchev–Trinajstić information content (AvgIpc) is 3.14. The summed E-state index contributed by atoms with van der Waals surface area (Å²) in [6.45, 7) is 10.5. The molecule has 5 heteroatoms. The fraction of sp³-hybridized carbons (Fsp3) is 0.625. The van der Waals surface area contributed by atoms with E-state index in [1.807, 2.05) is 6.20 Å². The molecule has 0 saturated carbocycles. The number of rotatable bonds is 5. The number of imidazole rings is 1. The van der Waals surface area contributed by atoms with Gasteiger partial charge < -0.3 is 4.57 Å². The van der Waals surface area contributed by atoms with Crippen LogP contribution in [0.1, 0.15) is 37.0 Å². The molecule has 0 unspecified atom stereocenters. The van der Waals surface area contributed by atoms with Crippen LogP contribution in [0.5, 0.6) is 0 Å². The summed E-state index contributed by atoms with van der Waals surface area (Å²) in [7, 11) is 0. The molecule has 1 saturated heterocycles. The van der Waals surface area contributed by atoms with Crippen LogP contribution in [-0.2, 0) is 19.6 Å². The van der Waals surface area contributed by atoms with Gasteiger partial charge in [0.25, 0.3) is 0 Å². The molecule has 114 valence electrons. The highest BCUT2D eigenvalue weighted by Gasteiger charge is 2.26. The van der Waals surface area contributed by atoms with Crippen LogP contribution in [0.4, 0.5) is 0 Å². The molecule has 21 heavy (non-hydrogen) atoms. The van der Waals surface area contributed by atoms with Crippen LogP contribution in [0.3, 0.4) is 0 Å². The van der Waals surface area contributed by atoms with E-state index in [9.17, 15) is 0 Å². The van der Waals surface area contributed by atoms with Gasteiger partial charge >= 0.3 is 0 Å². The molecule has 0 N–H and O–H groups in total. The Kier molecular flexibility index (Phi) is 4.10. The Balaban J connectivity index is 1.69. The maximum atomic E-state index is 4.61. The van der Waals surface area contributed by atoms with E-state index in [1.165, 1.54) is 30.9 Å². The molecule has 2 aromatic heterocycles. The lowest BCUT2D eigenvalue weighted by atomic mass is 10.2. The molecule has 1 aliphatic heterocycles. The second-order valence-electron chi connectivity index (χ2n) is 6.01. The molecule has 0 radical (unpaired) electrons. The smallest absolute Gasteiger partial charge is 0.122 e. The standard InChI is InChI=1S/C16H25N5/c1-4-19-9-7-17-16(19)12-20-8-5-6-15(20)11-21-14(3)10-13(2)18-21/h7,9-10,15H,4-6,8,11-12H2,1-3H3/t15-/m1/s1. The van der Waals surface area contributed by atoms with Gasteiger partial charge in [0.15, 0.2) is 0 Å². The predicted molar refractivity (Wildman–Crippen MR) is 83.0 cm³/mol. The molecule has 1 atom stereocenters. The van der Waals surface area contributed by atoms with Crippen molar-refractivity contribution in [2.75, 3.05) is 6.54 Å². The van der Waals surface area contributed by atoms with Gasteiger partial charge in [-0.05, 0) is 46.2 Å². The van der Waals surface area contributed by atoms with Gasteiger partial charge in [-0.25, -0.2) is 4.98 Å². The second kappa shape index (κ2) is 6.02. The van der Waals surface area contributed by atoms with E-state index in [-0.39, 0.29) is 0 Å². The van der Waals surface area contributed by atoms with E-state index in [1.54, 1.807) is 0 Å². The Bertz CT molecular complexity index is 598. The predicted octanol–water partition coefficient (Wildman–Crippen LogP) is 2.38. The zero-order chi connectivity index (χ0) is 14.8. The fourth-order valence-electron chi connectivity index (χ4n) is 3.33. The van der Waals surface area contributed by atoms with Crippen LogP contribution in [0.25, 0.3) is 0 Å². The lowest BCUT2D eigenvalue weighted by molar-refractivity contribution is 0.210. The fourth-order valence-corrected chi connectivity index (χ4v) is 3.33. The summed E-state index contributed by atoms with van der Waals surface area (Å²) in [4.78, 5) is 7.07. The number of aromatic nitrogens is 4. The summed E-state index contributed by atoms with van der Waals surface area (Å²) in [5, 5.41) is 4.61. The minimum absolute atomic E-state index is 0.574. The van der Waals surface area contributed by atoms with Crippen molar-refractivity contribution >= 4 is 0 Å². The first-order chi connectivity index (χ1) is 10.2. The molecule has 0 spiro atoms. The topological polar surface area (TPSA) is 38.9 Å². The summed E-state index contributed by atoms with van der Waals surface area (Å²) in [5.41, 5.74) is 2.37. The number of likely N-dealkylation sites (tertiary alicyclic amines) is 1. The Hall–Kier alpha value is -1.62. The third kappa shape index (κ3) is 3.02. The summed E-state index contributed by atoms with van der Waals surface area (Å²) in [6.07, 6.45) is 6.51. The molecule has 5 nitrogen and oxygen atoms in total. The maximum absolute atomic E-state index is 4.61.